The van der Waals surface area contributed by atoms with E-state index < -0.39 is 5.82 Å². The average molecular weight is 280 g/mol. The normalized spacial score (nSPS) is 10.7. The summed E-state index contributed by atoms with van der Waals surface area (Å²) in [6, 6.07) is 4.52. The average Bonchev–Trinajstić information content (AvgIpc) is 2.68. The van der Waals surface area contributed by atoms with E-state index in [-0.39, 0.29) is 5.56 Å². The lowest BCUT2D eigenvalue weighted by Crippen LogP contribution is -2.05. The SMILES string of the molecule is C=CCn1c(CC)nc(-c2c(F)cccc2Cl)c1N. The first kappa shape index (κ1) is 13.6. The van der Waals surface area contributed by atoms with Crippen molar-refractivity contribution >= 4 is 17.4 Å². The van der Waals surface area contributed by atoms with Gasteiger partial charge in [0.15, 0.2) is 0 Å². The zero-order chi connectivity index (χ0) is 14.0. The van der Waals surface area contributed by atoms with Gasteiger partial charge >= 0.3 is 0 Å². The lowest BCUT2D eigenvalue weighted by atomic mass is 10.1. The lowest BCUT2D eigenvalue weighted by molar-refractivity contribution is 0.631. The highest BCUT2D eigenvalue weighted by Gasteiger charge is 2.19. The smallest absolute Gasteiger partial charge is 0.134 e. The molecular weight excluding hydrogens is 265 g/mol. The first-order chi connectivity index (χ1) is 9.10. The van der Waals surface area contributed by atoms with Gasteiger partial charge in [-0.25, -0.2) is 9.37 Å². The van der Waals surface area contributed by atoms with Crippen LogP contribution in [0.3, 0.4) is 0 Å². The molecule has 0 spiro atoms. The number of aryl methyl sites for hydroxylation is 1. The molecule has 0 saturated carbocycles. The second-order valence-electron chi connectivity index (χ2n) is 4.11. The molecule has 0 saturated heterocycles. The van der Waals surface area contributed by atoms with Gasteiger partial charge in [0.1, 0.15) is 23.2 Å². The van der Waals surface area contributed by atoms with E-state index >= 15 is 0 Å². The number of hydrogen-bond donors (Lipinski definition) is 1. The van der Waals surface area contributed by atoms with E-state index in [0.717, 1.165) is 5.82 Å². The summed E-state index contributed by atoms with van der Waals surface area (Å²) in [7, 11) is 0. The monoisotopic (exact) mass is 279 g/mol. The molecule has 5 heteroatoms. The van der Waals surface area contributed by atoms with Crippen LogP contribution in [0.5, 0.6) is 0 Å². The third-order valence-electron chi connectivity index (χ3n) is 2.91. The molecule has 0 radical (unpaired) electrons. The van der Waals surface area contributed by atoms with E-state index in [1.54, 1.807) is 18.2 Å². The maximum Gasteiger partial charge on any atom is 0.134 e. The number of benzene rings is 1. The molecule has 0 aliphatic carbocycles. The number of anilines is 1. The maximum atomic E-state index is 13.9. The van der Waals surface area contributed by atoms with Gasteiger partial charge in [0.05, 0.1) is 10.6 Å². The van der Waals surface area contributed by atoms with E-state index in [1.807, 2.05) is 11.5 Å². The molecule has 19 heavy (non-hydrogen) atoms. The molecule has 2 rings (SSSR count). The summed E-state index contributed by atoms with van der Waals surface area (Å²) in [6.45, 7) is 6.19. The van der Waals surface area contributed by atoms with Crippen LogP contribution in [-0.2, 0) is 13.0 Å². The van der Waals surface area contributed by atoms with Crippen LogP contribution in [0.1, 0.15) is 12.7 Å². The Morgan fingerprint density at radius 2 is 2.26 bits per heavy atom. The molecule has 0 aliphatic rings. The minimum absolute atomic E-state index is 0.249. The van der Waals surface area contributed by atoms with E-state index in [4.69, 9.17) is 17.3 Å². The number of nitrogens with zero attached hydrogens (tertiary/aromatic N) is 2. The van der Waals surface area contributed by atoms with Crippen LogP contribution in [-0.4, -0.2) is 9.55 Å². The van der Waals surface area contributed by atoms with Crippen molar-refractivity contribution in [3.63, 3.8) is 0 Å². The van der Waals surface area contributed by atoms with Gasteiger partial charge < -0.3 is 10.3 Å². The Morgan fingerprint density at radius 1 is 1.53 bits per heavy atom. The van der Waals surface area contributed by atoms with Gasteiger partial charge in [0.25, 0.3) is 0 Å². The third kappa shape index (κ3) is 2.36. The van der Waals surface area contributed by atoms with Crippen molar-refractivity contribution in [2.75, 3.05) is 5.73 Å². The highest BCUT2D eigenvalue weighted by atomic mass is 35.5. The van der Waals surface area contributed by atoms with E-state index in [1.165, 1.54) is 6.07 Å². The Labute approximate surface area is 116 Å². The fraction of sp³-hybridized carbons (Fsp3) is 0.214. The number of allylic oxidation sites excluding steroid dienone is 1. The van der Waals surface area contributed by atoms with Crippen LogP contribution in [0.15, 0.2) is 30.9 Å². The van der Waals surface area contributed by atoms with Crippen LogP contribution in [0.25, 0.3) is 11.3 Å². The Kier molecular flexibility index (Phi) is 3.90. The van der Waals surface area contributed by atoms with E-state index in [2.05, 4.69) is 11.6 Å². The summed E-state index contributed by atoms with van der Waals surface area (Å²) in [5, 5.41) is 0.303. The van der Waals surface area contributed by atoms with Crippen LogP contribution >= 0.6 is 11.6 Å². The van der Waals surface area contributed by atoms with Crippen LogP contribution in [0.2, 0.25) is 5.02 Å². The Balaban J connectivity index is 2.66. The molecule has 2 aromatic rings. The van der Waals surface area contributed by atoms with Crippen molar-refractivity contribution in [2.45, 2.75) is 19.9 Å². The summed E-state index contributed by atoms with van der Waals surface area (Å²) in [6.07, 6.45) is 2.42. The molecule has 0 atom stereocenters. The van der Waals surface area contributed by atoms with Crippen molar-refractivity contribution < 1.29 is 4.39 Å². The van der Waals surface area contributed by atoms with Gasteiger partial charge in [0.2, 0.25) is 0 Å². The lowest BCUT2D eigenvalue weighted by Gasteiger charge is -2.06. The van der Waals surface area contributed by atoms with Gasteiger partial charge in [-0.1, -0.05) is 30.7 Å². The molecular formula is C14H15ClFN3. The summed E-state index contributed by atoms with van der Waals surface area (Å²) in [5.74, 6) is 0.764. The maximum absolute atomic E-state index is 13.9. The van der Waals surface area contributed by atoms with Crippen molar-refractivity contribution in [3.05, 3.63) is 47.5 Å². The van der Waals surface area contributed by atoms with Gasteiger partial charge in [-0.3, -0.25) is 0 Å². The molecule has 1 aromatic heterocycles. The third-order valence-corrected chi connectivity index (χ3v) is 3.23. The molecule has 100 valence electrons. The molecule has 0 fully saturated rings. The topological polar surface area (TPSA) is 43.8 Å². The molecule has 0 amide bonds. The molecule has 1 heterocycles. The van der Waals surface area contributed by atoms with Gasteiger partial charge in [-0.15, -0.1) is 6.58 Å². The largest absolute Gasteiger partial charge is 0.383 e. The Morgan fingerprint density at radius 3 is 2.84 bits per heavy atom. The van der Waals surface area contributed by atoms with Crippen LogP contribution in [0, 0.1) is 5.82 Å². The molecule has 0 aliphatic heterocycles. The molecule has 0 unspecified atom stereocenters. The Bertz CT molecular complexity index is 599. The predicted octanol–water partition coefficient (Wildman–Crippen LogP) is 3.67. The summed E-state index contributed by atoms with van der Waals surface area (Å²) in [4.78, 5) is 4.40. The number of aromatic nitrogens is 2. The quantitative estimate of drug-likeness (QED) is 0.868. The molecule has 2 N–H and O–H groups in total. The van der Waals surface area contributed by atoms with E-state index in [9.17, 15) is 4.39 Å². The second-order valence-corrected chi connectivity index (χ2v) is 4.52. The Hall–Kier alpha value is -1.81. The van der Waals surface area contributed by atoms with Crippen molar-refractivity contribution in [3.8, 4) is 11.3 Å². The zero-order valence-electron chi connectivity index (χ0n) is 10.7. The number of halogens is 2. The van der Waals surface area contributed by atoms with Crippen molar-refractivity contribution in [1.29, 1.82) is 0 Å². The van der Waals surface area contributed by atoms with E-state index in [0.29, 0.717) is 29.5 Å². The summed E-state index contributed by atoms with van der Waals surface area (Å²) >= 11 is 6.05. The second kappa shape index (κ2) is 5.45. The minimum Gasteiger partial charge on any atom is -0.383 e. The number of imidazole rings is 1. The fourth-order valence-electron chi connectivity index (χ4n) is 2.02. The number of nitrogen functional groups attached to an aromatic ring is 1. The number of rotatable bonds is 4. The minimum atomic E-state index is -0.426. The first-order valence-electron chi connectivity index (χ1n) is 6.00. The van der Waals surface area contributed by atoms with Crippen molar-refractivity contribution in [1.82, 2.24) is 9.55 Å². The molecule has 3 nitrogen and oxygen atoms in total. The van der Waals surface area contributed by atoms with Crippen LogP contribution in [0.4, 0.5) is 10.2 Å². The standard InChI is InChI=1S/C14H15ClFN3/c1-3-8-19-11(4-2)18-13(14(19)17)12-9(15)6-5-7-10(12)16/h3,5-7H,1,4,8,17H2,2H3. The van der Waals surface area contributed by atoms with Crippen LogP contribution < -0.4 is 5.73 Å². The molecule has 0 bridgehead atoms. The fourth-order valence-corrected chi connectivity index (χ4v) is 2.28. The van der Waals surface area contributed by atoms with Gasteiger partial charge in [-0.2, -0.15) is 0 Å². The van der Waals surface area contributed by atoms with Gasteiger partial charge in [-0.05, 0) is 12.1 Å². The van der Waals surface area contributed by atoms with Gasteiger partial charge in [0, 0.05) is 13.0 Å². The summed E-state index contributed by atoms with van der Waals surface area (Å²) < 4.78 is 15.7. The van der Waals surface area contributed by atoms with Crippen molar-refractivity contribution in [2.24, 2.45) is 0 Å². The number of nitrogens with two attached hydrogens (primary N) is 1. The number of hydrogen-bond acceptors (Lipinski definition) is 2. The predicted molar refractivity (Wildman–Crippen MR) is 76.6 cm³/mol. The summed E-state index contributed by atoms with van der Waals surface area (Å²) in [5.41, 5.74) is 6.70. The zero-order valence-corrected chi connectivity index (χ0v) is 11.4. The highest BCUT2D eigenvalue weighted by Crippen LogP contribution is 2.34. The highest BCUT2D eigenvalue weighted by molar-refractivity contribution is 6.33. The first-order valence-corrected chi connectivity index (χ1v) is 6.38. The molecule has 1 aromatic carbocycles.